The van der Waals surface area contributed by atoms with Gasteiger partial charge in [-0.3, -0.25) is 4.79 Å². The molecule has 0 aliphatic rings. The van der Waals surface area contributed by atoms with Gasteiger partial charge >= 0.3 is 12.1 Å². The van der Waals surface area contributed by atoms with Gasteiger partial charge in [-0.05, 0) is 12.3 Å². The standard InChI is InChI=1S/C12H21NO4/c1-5-6-17-12(16)13(4)10(7-9(2)3)8-11(14)15/h5,9-10H,1,6-8H2,2-4H3,(H,14,15)/t10-/m1/s1. The van der Waals surface area contributed by atoms with Crippen molar-refractivity contribution in [2.24, 2.45) is 5.92 Å². The van der Waals surface area contributed by atoms with Crippen LogP contribution in [0.25, 0.3) is 0 Å². The third-order valence-electron chi connectivity index (χ3n) is 2.31. The van der Waals surface area contributed by atoms with E-state index in [2.05, 4.69) is 6.58 Å². The Labute approximate surface area is 102 Å². The molecule has 0 fully saturated rings. The van der Waals surface area contributed by atoms with Gasteiger partial charge in [-0.1, -0.05) is 26.5 Å². The minimum absolute atomic E-state index is 0.0716. The van der Waals surface area contributed by atoms with Gasteiger partial charge in [-0.2, -0.15) is 0 Å². The number of carboxylic acids is 1. The van der Waals surface area contributed by atoms with Crippen molar-refractivity contribution in [3.8, 4) is 0 Å². The lowest BCUT2D eigenvalue weighted by Gasteiger charge is -2.27. The highest BCUT2D eigenvalue weighted by Gasteiger charge is 2.24. The molecule has 0 aliphatic heterocycles. The van der Waals surface area contributed by atoms with E-state index in [4.69, 9.17) is 9.84 Å². The highest BCUT2D eigenvalue weighted by atomic mass is 16.6. The summed E-state index contributed by atoms with van der Waals surface area (Å²) < 4.78 is 4.87. The van der Waals surface area contributed by atoms with Crippen LogP contribution in [0.5, 0.6) is 0 Å². The Balaban J connectivity index is 4.48. The van der Waals surface area contributed by atoms with E-state index in [1.54, 1.807) is 7.05 Å². The van der Waals surface area contributed by atoms with Crippen LogP contribution in [0.15, 0.2) is 12.7 Å². The molecule has 0 aromatic rings. The number of rotatable bonds is 7. The van der Waals surface area contributed by atoms with Gasteiger partial charge in [-0.15, -0.1) is 0 Å². The predicted molar refractivity (Wildman–Crippen MR) is 64.8 cm³/mol. The second kappa shape index (κ2) is 7.70. The lowest BCUT2D eigenvalue weighted by molar-refractivity contribution is -0.138. The number of aliphatic carboxylic acids is 1. The number of nitrogens with zero attached hydrogens (tertiary/aromatic N) is 1. The van der Waals surface area contributed by atoms with Crippen molar-refractivity contribution < 1.29 is 19.4 Å². The summed E-state index contributed by atoms with van der Waals surface area (Å²) in [5.74, 6) is -0.604. The molecular formula is C12H21NO4. The molecular weight excluding hydrogens is 222 g/mol. The largest absolute Gasteiger partial charge is 0.481 e. The maximum atomic E-state index is 11.6. The summed E-state index contributed by atoms with van der Waals surface area (Å²) in [7, 11) is 1.56. The fourth-order valence-electron chi connectivity index (χ4n) is 1.51. The smallest absolute Gasteiger partial charge is 0.410 e. The average Bonchev–Trinajstić information content (AvgIpc) is 2.22. The SMILES string of the molecule is C=CCOC(=O)N(C)[C@@H](CC(=O)O)CC(C)C. The first-order valence-electron chi connectivity index (χ1n) is 5.60. The van der Waals surface area contributed by atoms with Crippen molar-refractivity contribution in [2.75, 3.05) is 13.7 Å². The van der Waals surface area contributed by atoms with E-state index in [0.29, 0.717) is 12.3 Å². The van der Waals surface area contributed by atoms with Crippen molar-refractivity contribution in [1.29, 1.82) is 0 Å². The number of carbonyl (C=O) groups is 2. The lowest BCUT2D eigenvalue weighted by atomic mass is 10.0. The van der Waals surface area contributed by atoms with Crippen molar-refractivity contribution in [3.05, 3.63) is 12.7 Å². The zero-order valence-electron chi connectivity index (χ0n) is 10.7. The molecule has 0 saturated carbocycles. The second-order valence-electron chi connectivity index (χ2n) is 4.36. The summed E-state index contributed by atoms with van der Waals surface area (Å²) >= 11 is 0. The van der Waals surface area contributed by atoms with Crippen molar-refractivity contribution >= 4 is 12.1 Å². The monoisotopic (exact) mass is 243 g/mol. The van der Waals surface area contributed by atoms with Gasteiger partial charge in [0.25, 0.3) is 0 Å². The predicted octanol–water partition coefficient (Wildman–Crippen LogP) is 2.13. The van der Waals surface area contributed by atoms with Crippen LogP contribution in [0, 0.1) is 5.92 Å². The molecule has 5 heteroatoms. The molecule has 1 atom stereocenters. The average molecular weight is 243 g/mol. The molecule has 1 amide bonds. The lowest BCUT2D eigenvalue weighted by Crippen LogP contribution is -2.39. The molecule has 0 unspecified atom stereocenters. The number of carbonyl (C=O) groups excluding carboxylic acids is 1. The van der Waals surface area contributed by atoms with E-state index in [-0.39, 0.29) is 19.1 Å². The first-order valence-corrected chi connectivity index (χ1v) is 5.60. The fourth-order valence-corrected chi connectivity index (χ4v) is 1.51. The van der Waals surface area contributed by atoms with Crippen LogP contribution >= 0.6 is 0 Å². The minimum Gasteiger partial charge on any atom is -0.481 e. The molecule has 1 N–H and O–H groups in total. The Morgan fingerprint density at radius 1 is 1.47 bits per heavy atom. The maximum Gasteiger partial charge on any atom is 0.410 e. The number of amides is 1. The molecule has 0 heterocycles. The van der Waals surface area contributed by atoms with Crippen LogP contribution in [0.1, 0.15) is 26.7 Å². The number of ether oxygens (including phenoxy) is 1. The van der Waals surface area contributed by atoms with E-state index >= 15 is 0 Å². The molecule has 5 nitrogen and oxygen atoms in total. The zero-order valence-corrected chi connectivity index (χ0v) is 10.7. The van der Waals surface area contributed by atoms with Gasteiger partial charge in [0, 0.05) is 13.1 Å². The Morgan fingerprint density at radius 2 is 2.06 bits per heavy atom. The van der Waals surface area contributed by atoms with E-state index in [1.807, 2.05) is 13.8 Å². The first kappa shape index (κ1) is 15.5. The molecule has 0 rings (SSSR count). The Hall–Kier alpha value is -1.52. The number of hydrogen-bond acceptors (Lipinski definition) is 3. The molecule has 0 radical (unpaired) electrons. The Bertz CT molecular complexity index is 276. The van der Waals surface area contributed by atoms with Gasteiger partial charge in [-0.25, -0.2) is 4.79 Å². The van der Waals surface area contributed by atoms with E-state index in [1.165, 1.54) is 11.0 Å². The van der Waals surface area contributed by atoms with E-state index in [9.17, 15) is 9.59 Å². The van der Waals surface area contributed by atoms with Crippen molar-refractivity contribution in [1.82, 2.24) is 4.90 Å². The van der Waals surface area contributed by atoms with Crippen LogP contribution in [-0.4, -0.2) is 41.8 Å². The summed E-state index contributed by atoms with van der Waals surface area (Å²) in [6, 6.07) is -0.343. The van der Waals surface area contributed by atoms with Crippen LogP contribution in [0.3, 0.4) is 0 Å². The summed E-state index contributed by atoms with van der Waals surface area (Å²) in [5, 5.41) is 8.81. The van der Waals surface area contributed by atoms with Crippen LogP contribution in [0.4, 0.5) is 4.79 Å². The van der Waals surface area contributed by atoms with Gasteiger partial charge in [0.15, 0.2) is 0 Å². The quantitative estimate of drug-likeness (QED) is 0.695. The summed E-state index contributed by atoms with van der Waals surface area (Å²) in [6.45, 7) is 7.54. The minimum atomic E-state index is -0.918. The normalized spacial score (nSPS) is 12.0. The summed E-state index contributed by atoms with van der Waals surface area (Å²) in [4.78, 5) is 23.7. The molecule has 0 aromatic carbocycles. The molecule has 0 aliphatic carbocycles. The highest BCUT2D eigenvalue weighted by molar-refractivity contribution is 5.71. The molecule has 98 valence electrons. The van der Waals surface area contributed by atoms with Gasteiger partial charge in [0.05, 0.1) is 6.42 Å². The topological polar surface area (TPSA) is 66.8 Å². The third-order valence-corrected chi connectivity index (χ3v) is 2.31. The van der Waals surface area contributed by atoms with Crippen LogP contribution in [-0.2, 0) is 9.53 Å². The van der Waals surface area contributed by atoms with Crippen molar-refractivity contribution in [2.45, 2.75) is 32.7 Å². The molecule has 0 bridgehead atoms. The summed E-state index contributed by atoms with van der Waals surface area (Å²) in [6.07, 6.45) is 1.52. The molecule has 17 heavy (non-hydrogen) atoms. The first-order chi connectivity index (χ1) is 7.88. The van der Waals surface area contributed by atoms with E-state index in [0.717, 1.165) is 0 Å². The van der Waals surface area contributed by atoms with Crippen LogP contribution < -0.4 is 0 Å². The van der Waals surface area contributed by atoms with E-state index < -0.39 is 12.1 Å². The van der Waals surface area contributed by atoms with Crippen molar-refractivity contribution in [3.63, 3.8) is 0 Å². The summed E-state index contributed by atoms with van der Waals surface area (Å²) in [5.41, 5.74) is 0. The molecule has 0 saturated heterocycles. The van der Waals surface area contributed by atoms with Gasteiger partial charge in [0.2, 0.25) is 0 Å². The second-order valence-corrected chi connectivity index (χ2v) is 4.36. The fraction of sp³-hybridized carbons (Fsp3) is 0.667. The molecule has 0 spiro atoms. The zero-order chi connectivity index (χ0) is 13.4. The highest BCUT2D eigenvalue weighted by Crippen LogP contribution is 2.14. The third kappa shape index (κ3) is 6.60. The van der Waals surface area contributed by atoms with Gasteiger partial charge < -0.3 is 14.7 Å². The van der Waals surface area contributed by atoms with Crippen LogP contribution in [0.2, 0.25) is 0 Å². The number of carboxylic acid groups (broad SMARTS) is 1. The van der Waals surface area contributed by atoms with Gasteiger partial charge in [0.1, 0.15) is 6.61 Å². The molecule has 0 aromatic heterocycles. The Kier molecular flexibility index (Phi) is 7.02. The number of hydrogen-bond donors (Lipinski definition) is 1. The maximum absolute atomic E-state index is 11.6. The Morgan fingerprint density at radius 3 is 2.47 bits per heavy atom.